The summed E-state index contributed by atoms with van der Waals surface area (Å²) < 4.78 is 37.8. The second-order valence-electron chi connectivity index (χ2n) is 5.75. The molecular weight excluding hydrogens is 295 g/mol. The van der Waals surface area contributed by atoms with E-state index in [0.717, 1.165) is 37.8 Å². The summed E-state index contributed by atoms with van der Waals surface area (Å²) in [5.41, 5.74) is -0.904. The molecule has 0 saturated heterocycles. The zero-order valence-corrected chi connectivity index (χ0v) is 12.2. The average Bonchev–Trinajstić information content (AvgIpc) is 2.52. The predicted molar refractivity (Wildman–Crippen MR) is 76.4 cm³/mol. The molecule has 1 atom stereocenters. The van der Waals surface area contributed by atoms with E-state index in [-0.39, 0.29) is 18.0 Å². The number of carbonyl (C=O) groups excluding carboxylic acids is 1. The lowest BCUT2D eigenvalue weighted by Gasteiger charge is -2.26. The molecule has 2 N–H and O–H groups in total. The summed E-state index contributed by atoms with van der Waals surface area (Å²) in [5, 5.41) is 12.6. The smallest absolute Gasteiger partial charge is 0.391 e. The normalized spacial score (nSPS) is 18.0. The molecule has 0 unspecified atom stereocenters. The van der Waals surface area contributed by atoms with Gasteiger partial charge in [-0.2, -0.15) is 13.2 Å². The number of alkyl halides is 3. The lowest BCUT2D eigenvalue weighted by molar-refractivity contribution is -0.137. The number of aliphatic hydroxyl groups is 1. The van der Waals surface area contributed by atoms with Gasteiger partial charge in [0.2, 0.25) is 0 Å². The number of amides is 1. The van der Waals surface area contributed by atoms with Crippen LogP contribution in [-0.4, -0.2) is 23.7 Å². The van der Waals surface area contributed by atoms with Gasteiger partial charge in [0.05, 0.1) is 11.7 Å². The molecule has 122 valence electrons. The molecule has 1 aromatic carbocycles. The Morgan fingerprint density at radius 2 is 1.95 bits per heavy atom. The molecule has 1 aliphatic rings. The number of hydrogen-bond acceptors (Lipinski definition) is 2. The maximum Gasteiger partial charge on any atom is 0.416 e. The second kappa shape index (κ2) is 7.13. The van der Waals surface area contributed by atoms with Crippen LogP contribution < -0.4 is 5.32 Å². The summed E-state index contributed by atoms with van der Waals surface area (Å²) in [4.78, 5) is 11.9. The molecule has 0 spiro atoms. The summed E-state index contributed by atoms with van der Waals surface area (Å²) in [5.74, 6) is -0.434. The lowest BCUT2D eigenvalue weighted by Crippen LogP contribution is -2.37. The van der Waals surface area contributed by atoms with Gasteiger partial charge in [-0.1, -0.05) is 25.3 Å². The van der Waals surface area contributed by atoms with Crippen LogP contribution in [-0.2, 0) is 6.18 Å². The van der Waals surface area contributed by atoms with E-state index < -0.39 is 23.8 Å². The first-order chi connectivity index (χ1) is 10.4. The third-order valence-electron chi connectivity index (χ3n) is 4.12. The van der Waals surface area contributed by atoms with Gasteiger partial charge >= 0.3 is 6.18 Å². The zero-order valence-electron chi connectivity index (χ0n) is 12.2. The number of halogens is 3. The summed E-state index contributed by atoms with van der Waals surface area (Å²) in [6.45, 7) is 0.0692. The van der Waals surface area contributed by atoms with E-state index in [1.165, 1.54) is 18.6 Å². The van der Waals surface area contributed by atoms with Gasteiger partial charge in [0.1, 0.15) is 0 Å². The minimum atomic E-state index is -4.47. The number of aliphatic hydroxyl groups excluding tert-OH is 1. The minimum Gasteiger partial charge on any atom is -0.391 e. The van der Waals surface area contributed by atoms with Crippen LogP contribution in [0.5, 0.6) is 0 Å². The molecule has 0 aromatic heterocycles. The fraction of sp³-hybridized carbons (Fsp3) is 0.562. The molecule has 3 nitrogen and oxygen atoms in total. The molecule has 1 aromatic rings. The van der Waals surface area contributed by atoms with Crippen molar-refractivity contribution < 1.29 is 23.1 Å². The van der Waals surface area contributed by atoms with Gasteiger partial charge in [0, 0.05) is 12.1 Å². The van der Waals surface area contributed by atoms with Crippen molar-refractivity contribution in [2.45, 2.75) is 44.4 Å². The van der Waals surface area contributed by atoms with Gasteiger partial charge in [-0.25, -0.2) is 0 Å². The largest absolute Gasteiger partial charge is 0.416 e. The fourth-order valence-corrected chi connectivity index (χ4v) is 2.82. The van der Waals surface area contributed by atoms with Crippen LogP contribution in [0.3, 0.4) is 0 Å². The van der Waals surface area contributed by atoms with Gasteiger partial charge in [-0.3, -0.25) is 4.79 Å². The predicted octanol–water partition coefficient (Wildman–Crippen LogP) is 3.38. The molecule has 1 fully saturated rings. The minimum absolute atomic E-state index is 0.0503. The Morgan fingerprint density at radius 1 is 1.27 bits per heavy atom. The highest BCUT2D eigenvalue weighted by Crippen LogP contribution is 2.29. The molecule has 0 radical (unpaired) electrons. The SMILES string of the molecule is O=C(NC[C@@H](O)C1CCCCC1)c1cccc(C(F)(F)F)c1. The molecule has 0 aliphatic heterocycles. The van der Waals surface area contributed by atoms with Crippen molar-refractivity contribution in [3.8, 4) is 0 Å². The molecule has 2 rings (SSSR count). The number of hydrogen-bond donors (Lipinski definition) is 2. The van der Waals surface area contributed by atoms with E-state index in [1.807, 2.05) is 0 Å². The van der Waals surface area contributed by atoms with E-state index >= 15 is 0 Å². The number of carbonyl (C=O) groups is 1. The molecule has 6 heteroatoms. The molecule has 0 heterocycles. The van der Waals surface area contributed by atoms with Crippen molar-refractivity contribution in [3.05, 3.63) is 35.4 Å². The zero-order chi connectivity index (χ0) is 16.2. The third-order valence-corrected chi connectivity index (χ3v) is 4.12. The average molecular weight is 315 g/mol. The summed E-state index contributed by atoms with van der Waals surface area (Å²) >= 11 is 0. The Morgan fingerprint density at radius 3 is 2.59 bits per heavy atom. The quantitative estimate of drug-likeness (QED) is 0.895. The maximum atomic E-state index is 12.6. The van der Waals surface area contributed by atoms with E-state index in [0.29, 0.717) is 0 Å². The first-order valence-corrected chi connectivity index (χ1v) is 7.51. The first-order valence-electron chi connectivity index (χ1n) is 7.51. The van der Waals surface area contributed by atoms with Gasteiger partial charge in [0.15, 0.2) is 0 Å². The molecular formula is C16H20F3NO2. The second-order valence-corrected chi connectivity index (χ2v) is 5.75. The van der Waals surface area contributed by atoms with Gasteiger partial charge < -0.3 is 10.4 Å². The standard InChI is InChI=1S/C16H20F3NO2/c17-16(18,19)13-8-4-7-12(9-13)15(22)20-10-14(21)11-5-2-1-3-6-11/h4,7-9,11,14,21H,1-3,5-6,10H2,(H,20,22)/t14-/m1/s1. The van der Waals surface area contributed by atoms with Crippen molar-refractivity contribution in [2.24, 2.45) is 5.92 Å². The van der Waals surface area contributed by atoms with E-state index in [2.05, 4.69) is 5.32 Å². The Bertz CT molecular complexity index is 510. The third kappa shape index (κ3) is 4.47. The van der Waals surface area contributed by atoms with Crippen molar-refractivity contribution in [1.82, 2.24) is 5.32 Å². The topological polar surface area (TPSA) is 49.3 Å². The Balaban J connectivity index is 1.92. The van der Waals surface area contributed by atoms with Crippen LogP contribution in [0.25, 0.3) is 0 Å². The van der Waals surface area contributed by atoms with Crippen molar-refractivity contribution in [1.29, 1.82) is 0 Å². The van der Waals surface area contributed by atoms with Crippen molar-refractivity contribution in [2.75, 3.05) is 6.54 Å². The van der Waals surface area contributed by atoms with Crippen molar-refractivity contribution >= 4 is 5.91 Å². The maximum absolute atomic E-state index is 12.6. The van der Waals surface area contributed by atoms with Crippen LogP contribution in [0.1, 0.15) is 48.0 Å². The Labute approximate surface area is 127 Å². The van der Waals surface area contributed by atoms with Gasteiger partial charge in [-0.15, -0.1) is 0 Å². The monoisotopic (exact) mass is 315 g/mol. The first kappa shape index (κ1) is 16.8. The van der Waals surface area contributed by atoms with Crippen LogP contribution in [0.2, 0.25) is 0 Å². The highest BCUT2D eigenvalue weighted by molar-refractivity contribution is 5.94. The van der Waals surface area contributed by atoms with E-state index in [1.54, 1.807) is 0 Å². The number of benzene rings is 1. The molecule has 1 amide bonds. The van der Waals surface area contributed by atoms with Crippen LogP contribution >= 0.6 is 0 Å². The molecule has 22 heavy (non-hydrogen) atoms. The Kier molecular flexibility index (Phi) is 5.45. The fourth-order valence-electron chi connectivity index (χ4n) is 2.82. The number of nitrogens with one attached hydrogen (secondary N) is 1. The Hall–Kier alpha value is -1.56. The van der Waals surface area contributed by atoms with Gasteiger partial charge in [-0.05, 0) is 37.0 Å². The summed E-state index contributed by atoms with van der Waals surface area (Å²) in [7, 11) is 0. The lowest BCUT2D eigenvalue weighted by atomic mass is 9.85. The highest BCUT2D eigenvalue weighted by Gasteiger charge is 2.31. The molecule has 0 bridgehead atoms. The van der Waals surface area contributed by atoms with Crippen LogP contribution in [0.4, 0.5) is 13.2 Å². The summed E-state index contributed by atoms with van der Waals surface area (Å²) in [6, 6.07) is 4.28. The molecule has 1 saturated carbocycles. The summed E-state index contributed by atoms with van der Waals surface area (Å²) in [6.07, 6.45) is 0.0564. The number of rotatable bonds is 4. The molecule has 1 aliphatic carbocycles. The van der Waals surface area contributed by atoms with Crippen LogP contribution in [0, 0.1) is 5.92 Å². The van der Waals surface area contributed by atoms with E-state index in [4.69, 9.17) is 0 Å². The van der Waals surface area contributed by atoms with Gasteiger partial charge in [0.25, 0.3) is 5.91 Å². The van der Waals surface area contributed by atoms with E-state index in [9.17, 15) is 23.1 Å². The van der Waals surface area contributed by atoms with Crippen LogP contribution in [0.15, 0.2) is 24.3 Å². The highest BCUT2D eigenvalue weighted by atomic mass is 19.4. The van der Waals surface area contributed by atoms with Crippen molar-refractivity contribution in [3.63, 3.8) is 0 Å².